The first kappa shape index (κ1) is 13.4. The number of nitrogens with zero attached hydrogens (tertiary/aromatic N) is 2. The van der Waals surface area contributed by atoms with Gasteiger partial charge in [-0.3, -0.25) is 4.90 Å². The van der Waals surface area contributed by atoms with Crippen LogP contribution >= 0.6 is 0 Å². The lowest BCUT2D eigenvalue weighted by Crippen LogP contribution is -2.40. The highest BCUT2D eigenvalue weighted by atomic mass is 16.5. The van der Waals surface area contributed by atoms with Gasteiger partial charge < -0.3 is 9.84 Å². The monoisotopic (exact) mass is 226 g/mol. The zero-order chi connectivity index (χ0) is 12.3. The number of aliphatic hydroxyl groups excluding tert-OH is 1. The Morgan fingerprint density at radius 3 is 2.62 bits per heavy atom. The van der Waals surface area contributed by atoms with Crippen molar-refractivity contribution < 1.29 is 9.84 Å². The summed E-state index contributed by atoms with van der Waals surface area (Å²) in [6, 6.07) is 2.36. The smallest absolute Gasteiger partial charge is 0.100 e. The minimum absolute atomic E-state index is 0.0701. The molecule has 0 aromatic carbocycles. The lowest BCUT2D eigenvalue weighted by molar-refractivity contribution is -0.0804. The van der Waals surface area contributed by atoms with Crippen molar-refractivity contribution in [3.8, 4) is 6.07 Å². The highest BCUT2D eigenvalue weighted by Gasteiger charge is 2.37. The van der Waals surface area contributed by atoms with Crippen LogP contribution in [0.5, 0.6) is 0 Å². The molecule has 92 valence electrons. The summed E-state index contributed by atoms with van der Waals surface area (Å²) in [4.78, 5) is 2.08. The van der Waals surface area contributed by atoms with Gasteiger partial charge in [-0.1, -0.05) is 0 Å². The van der Waals surface area contributed by atoms with Gasteiger partial charge >= 0.3 is 0 Å². The number of hydrogen-bond donors (Lipinski definition) is 1. The number of nitriles is 1. The third-order valence-corrected chi connectivity index (χ3v) is 3.04. The van der Waals surface area contributed by atoms with E-state index in [-0.39, 0.29) is 23.8 Å². The lowest BCUT2D eigenvalue weighted by atomic mass is 10.1. The molecule has 1 heterocycles. The average Bonchev–Trinajstić information content (AvgIpc) is 2.40. The summed E-state index contributed by atoms with van der Waals surface area (Å²) in [5, 5.41) is 18.5. The molecule has 0 unspecified atom stereocenters. The van der Waals surface area contributed by atoms with Gasteiger partial charge in [0.2, 0.25) is 0 Å². The van der Waals surface area contributed by atoms with Crippen molar-refractivity contribution in [2.24, 2.45) is 0 Å². The van der Waals surface area contributed by atoms with Crippen LogP contribution in [0.2, 0.25) is 0 Å². The lowest BCUT2D eigenvalue weighted by Gasteiger charge is -2.30. The molecule has 0 aromatic heterocycles. The quantitative estimate of drug-likeness (QED) is 0.792. The number of ether oxygens (including phenoxy) is 1. The predicted molar refractivity (Wildman–Crippen MR) is 61.6 cm³/mol. The third kappa shape index (κ3) is 3.44. The molecular weight excluding hydrogens is 204 g/mol. The summed E-state index contributed by atoms with van der Waals surface area (Å²) in [5.74, 6) is 0. The van der Waals surface area contributed by atoms with E-state index in [4.69, 9.17) is 10.00 Å². The van der Waals surface area contributed by atoms with E-state index in [0.29, 0.717) is 19.6 Å². The molecule has 0 amide bonds. The van der Waals surface area contributed by atoms with Crippen molar-refractivity contribution in [1.82, 2.24) is 4.90 Å². The van der Waals surface area contributed by atoms with Gasteiger partial charge in [-0.25, -0.2) is 0 Å². The van der Waals surface area contributed by atoms with Gasteiger partial charge in [0.25, 0.3) is 0 Å². The normalized spacial score (nSPS) is 31.6. The first-order valence-electron chi connectivity index (χ1n) is 5.80. The molecule has 0 aromatic rings. The number of rotatable bonds is 3. The van der Waals surface area contributed by atoms with E-state index in [0.717, 1.165) is 0 Å². The maximum Gasteiger partial charge on any atom is 0.100 e. The third-order valence-electron chi connectivity index (χ3n) is 3.04. The van der Waals surface area contributed by atoms with E-state index in [1.807, 2.05) is 27.7 Å². The molecule has 0 spiro atoms. The van der Waals surface area contributed by atoms with Crippen molar-refractivity contribution in [3.63, 3.8) is 0 Å². The molecule has 4 heteroatoms. The topological polar surface area (TPSA) is 56.5 Å². The standard InChI is InChI=1S/C12H22N2O2/c1-9-11(15)7-10(5-6-13)14(9)8-16-12(2,3)4/h9-11,15H,5,7-8H2,1-4H3/t9-,10-,11-/m1/s1. The second-order valence-electron chi connectivity index (χ2n) is 5.46. The van der Waals surface area contributed by atoms with E-state index >= 15 is 0 Å². The Balaban J connectivity index is 2.57. The molecule has 0 aliphatic carbocycles. The van der Waals surface area contributed by atoms with E-state index in [1.165, 1.54) is 0 Å². The van der Waals surface area contributed by atoms with Crippen LogP contribution < -0.4 is 0 Å². The van der Waals surface area contributed by atoms with E-state index < -0.39 is 0 Å². The SMILES string of the molecule is C[C@@H]1[C@H](O)C[C@@H](CC#N)N1COC(C)(C)C. The van der Waals surface area contributed by atoms with Crippen molar-refractivity contribution in [1.29, 1.82) is 5.26 Å². The zero-order valence-electron chi connectivity index (χ0n) is 10.6. The van der Waals surface area contributed by atoms with Gasteiger partial charge in [-0.2, -0.15) is 5.26 Å². The maximum atomic E-state index is 9.79. The van der Waals surface area contributed by atoms with Crippen molar-refractivity contribution in [2.45, 2.75) is 64.3 Å². The summed E-state index contributed by atoms with van der Waals surface area (Å²) >= 11 is 0. The molecule has 4 nitrogen and oxygen atoms in total. The second-order valence-corrected chi connectivity index (χ2v) is 5.46. The van der Waals surface area contributed by atoms with Crippen molar-refractivity contribution >= 4 is 0 Å². The summed E-state index contributed by atoms with van der Waals surface area (Å²) in [7, 11) is 0. The van der Waals surface area contributed by atoms with Crippen LogP contribution in [0.3, 0.4) is 0 Å². The Labute approximate surface area is 97.8 Å². The Morgan fingerprint density at radius 2 is 2.12 bits per heavy atom. The molecule has 0 bridgehead atoms. The van der Waals surface area contributed by atoms with Crippen LogP contribution in [0.25, 0.3) is 0 Å². The molecule has 0 saturated carbocycles. The van der Waals surface area contributed by atoms with Gasteiger partial charge in [0.1, 0.15) is 6.73 Å². The Bertz CT molecular complexity index is 267. The molecule has 1 aliphatic heterocycles. The van der Waals surface area contributed by atoms with Gasteiger partial charge in [-0.05, 0) is 34.1 Å². The molecule has 16 heavy (non-hydrogen) atoms. The van der Waals surface area contributed by atoms with Gasteiger partial charge in [0.05, 0.1) is 24.2 Å². The van der Waals surface area contributed by atoms with E-state index in [9.17, 15) is 5.11 Å². The highest BCUT2D eigenvalue weighted by molar-refractivity contribution is 4.94. The van der Waals surface area contributed by atoms with Crippen LogP contribution in [0.15, 0.2) is 0 Å². The van der Waals surface area contributed by atoms with E-state index in [1.54, 1.807) is 0 Å². The summed E-state index contributed by atoms with van der Waals surface area (Å²) < 4.78 is 5.71. The number of likely N-dealkylation sites (tertiary alicyclic amines) is 1. The molecule has 3 atom stereocenters. The molecule has 1 fully saturated rings. The van der Waals surface area contributed by atoms with E-state index in [2.05, 4.69) is 11.0 Å². The van der Waals surface area contributed by atoms with Crippen LogP contribution in [0.4, 0.5) is 0 Å². The fourth-order valence-electron chi connectivity index (χ4n) is 1.96. The molecule has 1 rings (SSSR count). The maximum absolute atomic E-state index is 9.79. The molecule has 1 aliphatic rings. The number of aliphatic hydroxyl groups is 1. The van der Waals surface area contributed by atoms with Crippen LogP contribution in [-0.2, 0) is 4.74 Å². The second kappa shape index (κ2) is 5.13. The minimum atomic E-state index is -0.345. The Morgan fingerprint density at radius 1 is 1.50 bits per heavy atom. The predicted octanol–water partition coefficient (Wildman–Crippen LogP) is 1.50. The molecule has 1 N–H and O–H groups in total. The Kier molecular flexibility index (Phi) is 4.31. The summed E-state index contributed by atoms with van der Waals surface area (Å²) in [6.45, 7) is 8.47. The van der Waals surface area contributed by atoms with Crippen LogP contribution in [-0.4, -0.2) is 40.5 Å². The molecule has 0 radical (unpaired) electrons. The highest BCUT2D eigenvalue weighted by Crippen LogP contribution is 2.27. The van der Waals surface area contributed by atoms with Gasteiger partial charge in [0.15, 0.2) is 0 Å². The molecular formula is C12H22N2O2. The Hall–Kier alpha value is -0.630. The minimum Gasteiger partial charge on any atom is -0.391 e. The fourth-order valence-corrected chi connectivity index (χ4v) is 1.96. The van der Waals surface area contributed by atoms with Crippen LogP contribution in [0, 0.1) is 11.3 Å². The number of hydrogen-bond acceptors (Lipinski definition) is 4. The summed E-state index contributed by atoms with van der Waals surface area (Å²) in [6.07, 6.45) is 0.777. The largest absolute Gasteiger partial charge is 0.391 e. The van der Waals surface area contributed by atoms with Crippen LogP contribution in [0.1, 0.15) is 40.5 Å². The first-order valence-corrected chi connectivity index (χ1v) is 5.80. The molecule has 1 saturated heterocycles. The van der Waals surface area contributed by atoms with Crippen molar-refractivity contribution in [3.05, 3.63) is 0 Å². The van der Waals surface area contributed by atoms with Gasteiger partial charge in [-0.15, -0.1) is 0 Å². The fraction of sp³-hybridized carbons (Fsp3) is 0.917. The summed E-state index contributed by atoms with van der Waals surface area (Å²) in [5.41, 5.74) is -0.190. The van der Waals surface area contributed by atoms with Gasteiger partial charge in [0, 0.05) is 12.1 Å². The average molecular weight is 226 g/mol. The van der Waals surface area contributed by atoms with Crippen molar-refractivity contribution in [2.75, 3.05) is 6.73 Å². The zero-order valence-corrected chi connectivity index (χ0v) is 10.6. The first-order chi connectivity index (χ1) is 7.35.